The first-order chi connectivity index (χ1) is 16.7. The van der Waals surface area contributed by atoms with Crippen LogP contribution in [-0.2, 0) is 26.1 Å². The van der Waals surface area contributed by atoms with E-state index in [2.05, 4.69) is 27.7 Å². The van der Waals surface area contributed by atoms with Crippen LogP contribution in [0, 0.1) is 5.82 Å². The molecule has 2 aromatic heterocycles. The quantitative estimate of drug-likeness (QED) is 0.434. The monoisotopic (exact) mass is 455 g/mol. The van der Waals surface area contributed by atoms with Gasteiger partial charge in [0.2, 0.25) is 0 Å². The van der Waals surface area contributed by atoms with Crippen LogP contribution in [0.3, 0.4) is 0 Å². The standard InChI is InChI=1S/C28H26FN3O2/c29-24-9-4-3-8-23(24)27-25-10-5-14-30(25)16-17-31(27)19-22-11-12-26(34-22)28(33)32-15-13-20-6-1-2-7-21(20)18-32/h1-12,14,27H,13,15-19H2. The van der Waals surface area contributed by atoms with Crippen molar-refractivity contribution in [3.63, 3.8) is 0 Å². The first kappa shape index (κ1) is 20.9. The maximum absolute atomic E-state index is 14.8. The molecular weight excluding hydrogens is 429 g/mol. The highest BCUT2D eigenvalue weighted by Gasteiger charge is 2.31. The van der Waals surface area contributed by atoms with Crippen LogP contribution in [0.2, 0.25) is 0 Å². The molecule has 172 valence electrons. The Morgan fingerprint density at radius 1 is 0.912 bits per heavy atom. The molecule has 0 fully saturated rings. The van der Waals surface area contributed by atoms with E-state index in [1.54, 1.807) is 12.1 Å². The van der Waals surface area contributed by atoms with Crippen molar-refractivity contribution in [2.45, 2.75) is 32.1 Å². The zero-order valence-electron chi connectivity index (χ0n) is 18.9. The Bertz CT molecular complexity index is 1340. The molecule has 0 saturated heterocycles. The molecule has 4 heterocycles. The van der Waals surface area contributed by atoms with Gasteiger partial charge in [0.15, 0.2) is 5.76 Å². The average molecular weight is 456 g/mol. The Morgan fingerprint density at radius 3 is 2.62 bits per heavy atom. The molecule has 0 radical (unpaired) electrons. The van der Waals surface area contributed by atoms with E-state index >= 15 is 0 Å². The topological polar surface area (TPSA) is 41.6 Å². The second-order valence-electron chi connectivity index (χ2n) is 9.03. The van der Waals surface area contributed by atoms with E-state index < -0.39 is 0 Å². The van der Waals surface area contributed by atoms with Crippen LogP contribution in [-0.4, -0.2) is 33.4 Å². The number of hydrogen-bond acceptors (Lipinski definition) is 3. The molecule has 6 heteroatoms. The summed E-state index contributed by atoms with van der Waals surface area (Å²) in [5.74, 6) is 0.770. The van der Waals surface area contributed by atoms with Crippen LogP contribution in [0.15, 0.2) is 83.4 Å². The van der Waals surface area contributed by atoms with Crippen LogP contribution in [0.25, 0.3) is 0 Å². The number of carbonyl (C=O) groups is 1. The van der Waals surface area contributed by atoms with E-state index in [1.165, 1.54) is 17.2 Å². The Labute approximate surface area is 198 Å². The number of halogens is 1. The van der Waals surface area contributed by atoms with E-state index in [0.29, 0.717) is 36.7 Å². The van der Waals surface area contributed by atoms with Crippen molar-refractivity contribution in [1.29, 1.82) is 0 Å². The summed E-state index contributed by atoms with van der Waals surface area (Å²) in [5, 5.41) is 0. The molecule has 0 aliphatic carbocycles. The predicted molar refractivity (Wildman–Crippen MR) is 127 cm³/mol. The fraction of sp³-hybridized carbons (Fsp3) is 0.250. The molecule has 0 bridgehead atoms. The minimum absolute atomic E-state index is 0.0843. The average Bonchev–Trinajstić information content (AvgIpc) is 3.54. The molecule has 2 aliphatic rings. The van der Waals surface area contributed by atoms with Crippen molar-refractivity contribution in [3.8, 4) is 0 Å². The molecule has 6 rings (SSSR count). The lowest BCUT2D eigenvalue weighted by molar-refractivity contribution is 0.0696. The van der Waals surface area contributed by atoms with E-state index in [1.807, 2.05) is 47.5 Å². The van der Waals surface area contributed by atoms with Gasteiger partial charge in [0.25, 0.3) is 5.91 Å². The molecule has 1 atom stereocenters. The van der Waals surface area contributed by atoms with Gasteiger partial charge < -0.3 is 13.9 Å². The second kappa shape index (κ2) is 8.61. The molecule has 0 saturated carbocycles. The lowest BCUT2D eigenvalue weighted by Crippen LogP contribution is -2.38. The Hall–Kier alpha value is -3.64. The van der Waals surface area contributed by atoms with Crippen LogP contribution < -0.4 is 0 Å². The Morgan fingerprint density at radius 2 is 1.74 bits per heavy atom. The Kier molecular flexibility index (Phi) is 5.30. The summed E-state index contributed by atoms with van der Waals surface area (Å²) in [6, 6.07) is 22.7. The van der Waals surface area contributed by atoms with Crippen molar-refractivity contribution in [2.24, 2.45) is 0 Å². The van der Waals surface area contributed by atoms with Crippen molar-refractivity contribution >= 4 is 5.91 Å². The summed E-state index contributed by atoms with van der Waals surface area (Å²) in [6.45, 7) is 3.37. The lowest BCUT2D eigenvalue weighted by Gasteiger charge is -2.37. The summed E-state index contributed by atoms with van der Waals surface area (Å²) in [7, 11) is 0. The molecule has 2 aromatic carbocycles. The molecule has 1 unspecified atom stereocenters. The number of nitrogens with zero attached hydrogens (tertiary/aromatic N) is 3. The number of carbonyl (C=O) groups excluding carboxylic acids is 1. The van der Waals surface area contributed by atoms with Gasteiger partial charge >= 0.3 is 0 Å². The summed E-state index contributed by atoms with van der Waals surface area (Å²) in [6.07, 6.45) is 2.90. The van der Waals surface area contributed by atoms with Crippen LogP contribution in [0.4, 0.5) is 4.39 Å². The molecular formula is C28H26FN3O2. The van der Waals surface area contributed by atoms with Crippen LogP contribution in [0.1, 0.15) is 44.7 Å². The van der Waals surface area contributed by atoms with Gasteiger partial charge in [0, 0.05) is 43.6 Å². The minimum atomic E-state index is -0.215. The number of furan rings is 1. The SMILES string of the molecule is O=C(c1ccc(CN2CCn3cccc3C2c2ccccc2F)o1)N1CCc2ccccc2C1. The van der Waals surface area contributed by atoms with E-state index in [0.717, 1.165) is 25.2 Å². The molecule has 4 aromatic rings. The number of fused-ring (bicyclic) bond motifs is 2. The number of benzene rings is 2. The number of amides is 1. The molecule has 0 N–H and O–H groups in total. The normalized spacial score (nSPS) is 17.9. The first-order valence-corrected chi connectivity index (χ1v) is 11.8. The van der Waals surface area contributed by atoms with Gasteiger partial charge in [0.1, 0.15) is 11.6 Å². The van der Waals surface area contributed by atoms with E-state index in [4.69, 9.17) is 4.42 Å². The lowest BCUT2D eigenvalue weighted by atomic mass is 9.99. The summed E-state index contributed by atoms with van der Waals surface area (Å²) in [4.78, 5) is 17.2. The number of aromatic nitrogens is 1. The third-order valence-corrected chi connectivity index (χ3v) is 6.99. The number of hydrogen-bond donors (Lipinski definition) is 0. The minimum Gasteiger partial charge on any atom is -0.455 e. The summed E-state index contributed by atoms with van der Waals surface area (Å²) < 4.78 is 23.0. The zero-order valence-corrected chi connectivity index (χ0v) is 18.9. The third-order valence-electron chi connectivity index (χ3n) is 6.99. The highest BCUT2D eigenvalue weighted by atomic mass is 19.1. The second-order valence-corrected chi connectivity index (χ2v) is 9.03. The predicted octanol–water partition coefficient (Wildman–Crippen LogP) is 5.02. The maximum atomic E-state index is 14.8. The van der Waals surface area contributed by atoms with Gasteiger partial charge in [-0.2, -0.15) is 0 Å². The molecule has 1 amide bonds. The van der Waals surface area contributed by atoms with Gasteiger partial charge in [-0.05, 0) is 47.9 Å². The van der Waals surface area contributed by atoms with Gasteiger partial charge in [0.05, 0.1) is 12.6 Å². The van der Waals surface area contributed by atoms with Crippen LogP contribution in [0.5, 0.6) is 0 Å². The fourth-order valence-corrected chi connectivity index (χ4v) is 5.26. The first-order valence-electron chi connectivity index (χ1n) is 11.8. The van der Waals surface area contributed by atoms with Crippen molar-refractivity contribution in [1.82, 2.24) is 14.4 Å². The largest absolute Gasteiger partial charge is 0.455 e. The van der Waals surface area contributed by atoms with Crippen LogP contribution >= 0.6 is 0 Å². The maximum Gasteiger partial charge on any atom is 0.289 e. The molecule has 5 nitrogen and oxygen atoms in total. The summed E-state index contributed by atoms with van der Waals surface area (Å²) >= 11 is 0. The van der Waals surface area contributed by atoms with E-state index in [-0.39, 0.29) is 17.8 Å². The summed E-state index contributed by atoms with van der Waals surface area (Å²) in [5.41, 5.74) is 4.21. The third kappa shape index (κ3) is 3.74. The zero-order chi connectivity index (χ0) is 23.1. The molecule has 2 aliphatic heterocycles. The van der Waals surface area contributed by atoms with Crippen molar-refractivity contribution in [3.05, 3.63) is 119 Å². The Balaban J connectivity index is 1.23. The smallest absolute Gasteiger partial charge is 0.289 e. The highest BCUT2D eigenvalue weighted by molar-refractivity contribution is 5.91. The van der Waals surface area contributed by atoms with Gasteiger partial charge in [-0.15, -0.1) is 0 Å². The van der Waals surface area contributed by atoms with Gasteiger partial charge in [-0.1, -0.05) is 42.5 Å². The highest BCUT2D eigenvalue weighted by Crippen LogP contribution is 2.35. The number of rotatable bonds is 4. The van der Waals surface area contributed by atoms with Crippen molar-refractivity contribution < 1.29 is 13.6 Å². The van der Waals surface area contributed by atoms with Gasteiger partial charge in [-0.25, -0.2) is 4.39 Å². The molecule has 0 spiro atoms. The van der Waals surface area contributed by atoms with Gasteiger partial charge in [-0.3, -0.25) is 9.69 Å². The fourth-order valence-electron chi connectivity index (χ4n) is 5.26. The molecule has 34 heavy (non-hydrogen) atoms. The van der Waals surface area contributed by atoms with Crippen molar-refractivity contribution in [2.75, 3.05) is 13.1 Å². The van der Waals surface area contributed by atoms with E-state index in [9.17, 15) is 9.18 Å².